The largest absolute Gasteiger partial charge is 0.0853 e. The van der Waals surface area contributed by atoms with Crippen LogP contribution in [0.25, 0.3) is 0 Å². The standard InChI is InChI=1S/C11H16/c1-2-9-3-6-11(5-1)7-4-10(11)8-9/h2,10H,1,3-8H2. The summed E-state index contributed by atoms with van der Waals surface area (Å²) in [4.78, 5) is 0. The average molecular weight is 148 g/mol. The summed E-state index contributed by atoms with van der Waals surface area (Å²) in [6.45, 7) is 0. The van der Waals surface area contributed by atoms with Gasteiger partial charge in [-0.2, -0.15) is 0 Å². The summed E-state index contributed by atoms with van der Waals surface area (Å²) in [5, 5.41) is 0. The maximum Gasteiger partial charge on any atom is -0.0260 e. The molecule has 0 N–H and O–H groups in total. The summed E-state index contributed by atoms with van der Waals surface area (Å²) < 4.78 is 0. The van der Waals surface area contributed by atoms with E-state index in [2.05, 4.69) is 6.08 Å². The molecule has 0 aromatic carbocycles. The van der Waals surface area contributed by atoms with Gasteiger partial charge in [-0.15, -0.1) is 0 Å². The van der Waals surface area contributed by atoms with E-state index in [0.717, 1.165) is 11.3 Å². The van der Waals surface area contributed by atoms with E-state index in [1.165, 1.54) is 38.5 Å². The summed E-state index contributed by atoms with van der Waals surface area (Å²) in [7, 11) is 0. The third-order valence-corrected chi connectivity index (χ3v) is 4.38. The molecule has 0 amide bonds. The molecule has 0 heterocycles. The number of hydrogen-bond acceptors (Lipinski definition) is 0. The van der Waals surface area contributed by atoms with Crippen molar-refractivity contribution in [2.75, 3.05) is 0 Å². The quantitative estimate of drug-likeness (QED) is 0.462. The van der Waals surface area contributed by atoms with E-state index < -0.39 is 0 Å². The second-order valence-electron chi connectivity index (χ2n) is 4.70. The molecule has 0 aromatic heterocycles. The van der Waals surface area contributed by atoms with E-state index in [4.69, 9.17) is 0 Å². The Bertz CT molecular complexity index is 210. The van der Waals surface area contributed by atoms with Crippen LogP contribution in [-0.4, -0.2) is 0 Å². The van der Waals surface area contributed by atoms with Crippen LogP contribution in [0.1, 0.15) is 44.9 Å². The van der Waals surface area contributed by atoms with Crippen molar-refractivity contribution in [3.05, 3.63) is 11.6 Å². The number of allylic oxidation sites excluding steroid dienone is 2. The molecule has 2 unspecified atom stereocenters. The van der Waals surface area contributed by atoms with Gasteiger partial charge in [-0.3, -0.25) is 0 Å². The lowest BCUT2D eigenvalue weighted by Crippen LogP contribution is -2.41. The number of rotatable bonds is 0. The van der Waals surface area contributed by atoms with Crippen LogP contribution in [0, 0.1) is 11.3 Å². The lowest BCUT2D eigenvalue weighted by Gasteiger charge is -2.52. The summed E-state index contributed by atoms with van der Waals surface area (Å²) in [6.07, 6.45) is 13.0. The van der Waals surface area contributed by atoms with Gasteiger partial charge in [0.25, 0.3) is 0 Å². The molecule has 0 aliphatic heterocycles. The molecule has 2 atom stereocenters. The average Bonchev–Trinajstić information content (AvgIpc) is 2.25. The smallest absolute Gasteiger partial charge is 0.0260 e. The van der Waals surface area contributed by atoms with E-state index in [-0.39, 0.29) is 0 Å². The van der Waals surface area contributed by atoms with Gasteiger partial charge in [0.05, 0.1) is 0 Å². The van der Waals surface area contributed by atoms with E-state index in [0.29, 0.717) is 0 Å². The van der Waals surface area contributed by atoms with Gasteiger partial charge in [0, 0.05) is 0 Å². The van der Waals surface area contributed by atoms with Gasteiger partial charge in [-0.05, 0) is 56.3 Å². The molecule has 0 nitrogen and oxygen atoms in total. The molecular formula is C11H16. The van der Waals surface area contributed by atoms with Crippen molar-refractivity contribution in [1.29, 1.82) is 0 Å². The number of hydrogen-bond donors (Lipinski definition) is 0. The Morgan fingerprint density at radius 2 is 2.27 bits per heavy atom. The van der Waals surface area contributed by atoms with Crippen LogP contribution in [0.5, 0.6) is 0 Å². The minimum absolute atomic E-state index is 0.858. The molecule has 60 valence electrons. The Morgan fingerprint density at radius 1 is 1.27 bits per heavy atom. The van der Waals surface area contributed by atoms with Crippen molar-refractivity contribution in [2.24, 2.45) is 11.3 Å². The fourth-order valence-corrected chi connectivity index (χ4v) is 3.44. The molecule has 2 fully saturated rings. The molecular weight excluding hydrogens is 132 g/mol. The van der Waals surface area contributed by atoms with E-state index in [1.807, 2.05) is 0 Å². The molecule has 0 aromatic rings. The van der Waals surface area contributed by atoms with Crippen LogP contribution in [0.3, 0.4) is 0 Å². The molecule has 1 spiro atoms. The lowest BCUT2D eigenvalue weighted by atomic mass is 9.53. The summed E-state index contributed by atoms with van der Waals surface area (Å²) in [6, 6.07) is 0. The zero-order valence-corrected chi connectivity index (χ0v) is 7.10. The third-order valence-electron chi connectivity index (χ3n) is 4.38. The van der Waals surface area contributed by atoms with Crippen LogP contribution >= 0.6 is 0 Å². The molecule has 0 heteroatoms. The van der Waals surface area contributed by atoms with Gasteiger partial charge in [-0.25, -0.2) is 0 Å². The fraction of sp³-hybridized carbons (Fsp3) is 0.818. The second-order valence-corrected chi connectivity index (χ2v) is 4.70. The topological polar surface area (TPSA) is 0 Å². The Balaban J connectivity index is 1.98. The highest BCUT2D eigenvalue weighted by Gasteiger charge is 2.48. The minimum Gasteiger partial charge on any atom is -0.0853 e. The highest BCUT2D eigenvalue weighted by Crippen LogP contribution is 2.60. The zero-order valence-electron chi connectivity index (χ0n) is 7.10. The minimum atomic E-state index is 0.858. The number of fused-ring (bicyclic) bond motifs is 3. The fourth-order valence-electron chi connectivity index (χ4n) is 3.44. The molecule has 4 aliphatic carbocycles. The van der Waals surface area contributed by atoms with Crippen molar-refractivity contribution >= 4 is 0 Å². The molecule has 2 saturated carbocycles. The van der Waals surface area contributed by atoms with Crippen LogP contribution in [0.4, 0.5) is 0 Å². The summed E-state index contributed by atoms with van der Waals surface area (Å²) in [5.41, 5.74) is 2.65. The van der Waals surface area contributed by atoms with Gasteiger partial charge >= 0.3 is 0 Å². The normalized spacial score (nSPS) is 47.3. The van der Waals surface area contributed by atoms with Gasteiger partial charge in [0.2, 0.25) is 0 Å². The van der Waals surface area contributed by atoms with E-state index in [1.54, 1.807) is 12.0 Å². The monoisotopic (exact) mass is 148 g/mol. The first kappa shape index (κ1) is 6.28. The lowest BCUT2D eigenvalue weighted by molar-refractivity contribution is 0.00162. The van der Waals surface area contributed by atoms with Crippen molar-refractivity contribution in [3.63, 3.8) is 0 Å². The Labute approximate surface area is 68.7 Å². The maximum absolute atomic E-state index is 2.53. The summed E-state index contributed by atoms with van der Waals surface area (Å²) in [5.74, 6) is 1.12. The van der Waals surface area contributed by atoms with Gasteiger partial charge < -0.3 is 0 Å². The van der Waals surface area contributed by atoms with Gasteiger partial charge in [0.15, 0.2) is 0 Å². The van der Waals surface area contributed by atoms with Crippen molar-refractivity contribution in [1.82, 2.24) is 0 Å². The maximum atomic E-state index is 2.53. The summed E-state index contributed by atoms with van der Waals surface area (Å²) >= 11 is 0. The van der Waals surface area contributed by atoms with E-state index in [9.17, 15) is 0 Å². The van der Waals surface area contributed by atoms with Crippen LogP contribution in [0.15, 0.2) is 11.6 Å². The van der Waals surface area contributed by atoms with Crippen LogP contribution in [0.2, 0.25) is 0 Å². The van der Waals surface area contributed by atoms with Crippen molar-refractivity contribution in [2.45, 2.75) is 44.9 Å². The molecule has 4 rings (SSSR count). The molecule has 11 heavy (non-hydrogen) atoms. The third kappa shape index (κ3) is 0.706. The van der Waals surface area contributed by atoms with Crippen molar-refractivity contribution in [3.8, 4) is 0 Å². The second kappa shape index (κ2) is 1.91. The SMILES string of the molecule is C1=C2CCC3(CC1)CCC3C2. The highest BCUT2D eigenvalue weighted by molar-refractivity contribution is 5.17. The van der Waals surface area contributed by atoms with Gasteiger partial charge in [0.1, 0.15) is 0 Å². The first-order chi connectivity index (χ1) is 5.39. The van der Waals surface area contributed by atoms with Crippen molar-refractivity contribution < 1.29 is 0 Å². The Morgan fingerprint density at radius 3 is 3.00 bits per heavy atom. The molecule has 0 radical (unpaired) electrons. The highest BCUT2D eigenvalue weighted by atomic mass is 14.5. The Hall–Kier alpha value is -0.260. The van der Waals surface area contributed by atoms with Crippen LogP contribution < -0.4 is 0 Å². The van der Waals surface area contributed by atoms with E-state index >= 15 is 0 Å². The molecule has 2 bridgehead atoms. The predicted molar refractivity (Wildman–Crippen MR) is 46.3 cm³/mol. The predicted octanol–water partition coefficient (Wildman–Crippen LogP) is 3.29. The first-order valence-electron chi connectivity index (χ1n) is 5.07. The first-order valence-corrected chi connectivity index (χ1v) is 5.07. The zero-order chi connectivity index (χ0) is 7.31. The molecule has 4 aliphatic rings. The van der Waals surface area contributed by atoms with Crippen LogP contribution in [-0.2, 0) is 0 Å². The Kier molecular flexibility index (Phi) is 1.09. The van der Waals surface area contributed by atoms with Gasteiger partial charge in [-0.1, -0.05) is 11.6 Å². The molecule has 0 saturated heterocycles.